The van der Waals surface area contributed by atoms with Gasteiger partial charge in [0.15, 0.2) is 0 Å². The first-order valence-electron chi connectivity index (χ1n) is 14.4. The van der Waals surface area contributed by atoms with Crippen LogP contribution in [0.3, 0.4) is 0 Å². The Bertz CT molecular complexity index is 888. The molecular formula is C32H48O3. The Morgan fingerprint density at radius 2 is 1.91 bits per heavy atom. The Labute approximate surface area is 213 Å². The molecule has 3 heteroatoms. The van der Waals surface area contributed by atoms with Gasteiger partial charge in [0.25, 0.3) is 0 Å². The highest BCUT2D eigenvalue weighted by Crippen LogP contribution is 2.59. The summed E-state index contributed by atoms with van der Waals surface area (Å²) in [4.78, 5) is 12.7. The maximum absolute atomic E-state index is 12.7. The van der Waals surface area contributed by atoms with Crippen molar-refractivity contribution in [3.8, 4) is 0 Å². The zero-order valence-corrected chi connectivity index (χ0v) is 22.4. The van der Waals surface area contributed by atoms with E-state index in [-0.39, 0.29) is 17.3 Å². The Kier molecular flexibility index (Phi) is 8.28. The molecule has 3 nitrogen and oxygen atoms in total. The highest BCUT2D eigenvalue weighted by atomic mass is 16.3. The molecule has 4 rings (SSSR count). The zero-order valence-electron chi connectivity index (χ0n) is 22.4. The molecule has 0 aromatic heterocycles. The summed E-state index contributed by atoms with van der Waals surface area (Å²) in [5, 5.41) is 21.0. The Morgan fingerprint density at radius 1 is 1.14 bits per heavy atom. The van der Waals surface area contributed by atoms with Crippen molar-refractivity contribution in [2.24, 2.45) is 28.6 Å². The predicted octanol–water partition coefficient (Wildman–Crippen LogP) is 7.25. The van der Waals surface area contributed by atoms with Gasteiger partial charge in [-0.3, -0.25) is 4.79 Å². The second-order valence-corrected chi connectivity index (χ2v) is 12.4. The summed E-state index contributed by atoms with van der Waals surface area (Å²) < 4.78 is 0. The Balaban J connectivity index is 1.43. The van der Waals surface area contributed by atoms with Gasteiger partial charge >= 0.3 is 0 Å². The number of hydrogen-bond acceptors (Lipinski definition) is 3. The van der Waals surface area contributed by atoms with Gasteiger partial charge in [-0.15, -0.1) is 0 Å². The van der Waals surface area contributed by atoms with E-state index in [0.29, 0.717) is 24.2 Å². The molecular weight excluding hydrogens is 432 g/mol. The molecule has 0 aliphatic heterocycles. The van der Waals surface area contributed by atoms with E-state index in [1.807, 2.05) is 6.08 Å². The Morgan fingerprint density at radius 3 is 2.63 bits per heavy atom. The summed E-state index contributed by atoms with van der Waals surface area (Å²) in [5.74, 6) is 1.88. The minimum atomic E-state index is -0.633. The lowest BCUT2D eigenvalue weighted by Gasteiger charge is -2.44. The van der Waals surface area contributed by atoms with Crippen molar-refractivity contribution in [1.29, 1.82) is 0 Å². The van der Waals surface area contributed by atoms with E-state index in [4.69, 9.17) is 0 Å². The fourth-order valence-corrected chi connectivity index (χ4v) is 7.60. The summed E-state index contributed by atoms with van der Waals surface area (Å²) in [5.41, 5.74) is 3.80. The average molecular weight is 481 g/mol. The molecule has 0 heterocycles. The molecule has 35 heavy (non-hydrogen) atoms. The van der Waals surface area contributed by atoms with Crippen LogP contribution >= 0.6 is 0 Å². The number of aliphatic hydroxyl groups excluding tert-OH is 2. The van der Waals surface area contributed by atoms with Crippen LogP contribution in [0.1, 0.15) is 104 Å². The van der Waals surface area contributed by atoms with Crippen LogP contribution in [0.5, 0.6) is 0 Å². The molecule has 0 spiro atoms. The normalized spacial score (nSPS) is 36.5. The third-order valence-electron chi connectivity index (χ3n) is 10.1. The van der Waals surface area contributed by atoms with Crippen LogP contribution in [0.2, 0.25) is 0 Å². The van der Waals surface area contributed by atoms with E-state index in [1.54, 1.807) is 5.57 Å². The van der Waals surface area contributed by atoms with Gasteiger partial charge in [-0.2, -0.15) is 0 Å². The van der Waals surface area contributed by atoms with Crippen molar-refractivity contribution < 1.29 is 15.0 Å². The largest absolute Gasteiger partial charge is 0.393 e. The van der Waals surface area contributed by atoms with E-state index in [1.165, 1.54) is 43.3 Å². The first-order valence-corrected chi connectivity index (χ1v) is 14.4. The molecule has 0 radical (unpaired) electrons. The quantitative estimate of drug-likeness (QED) is 0.342. The van der Waals surface area contributed by atoms with Gasteiger partial charge < -0.3 is 10.2 Å². The summed E-state index contributed by atoms with van der Waals surface area (Å²) in [7, 11) is 0. The lowest BCUT2D eigenvalue weighted by Crippen LogP contribution is -2.35. The number of aliphatic hydroxyl groups is 2. The predicted molar refractivity (Wildman–Crippen MR) is 144 cm³/mol. The molecule has 0 amide bonds. The SMILES string of the molecule is C=C1CC[C@H](O)CC1=CC=C1CCC[C@]2(C)[C@@H]([C@H](C)C=C[C@H](O)C3(C(=O)CCCC)CC3)CC[C@@H]12. The van der Waals surface area contributed by atoms with Crippen molar-refractivity contribution in [2.75, 3.05) is 0 Å². The summed E-state index contributed by atoms with van der Waals surface area (Å²) in [6.45, 7) is 11.2. The molecule has 4 aliphatic rings. The highest BCUT2D eigenvalue weighted by molar-refractivity contribution is 5.88. The number of carbonyl (C=O) groups is 1. The summed E-state index contributed by atoms with van der Waals surface area (Å²) in [6.07, 6.45) is 20.8. The van der Waals surface area contributed by atoms with Crippen molar-refractivity contribution >= 4 is 5.78 Å². The summed E-state index contributed by atoms with van der Waals surface area (Å²) in [6, 6.07) is 0. The third-order valence-corrected chi connectivity index (χ3v) is 10.1. The van der Waals surface area contributed by atoms with Crippen molar-refractivity contribution in [3.05, 3.63) is 47.6 Å². The molecule has 0 aromatic carbocycles. The van der Waals surface area contributed by atoms with Gasteiger partial charge in [0.1, 0.15) is 5.78 Å². The second kappa shape index (κ2) is 10.9. The molecule has 0 saturated heterocycles. The van der Waals surface area contributed by atoms with Crippen molar-refractivity contribution in [2.45, 2.75) is 116 Å². The van der Waals surface area contributed by atoms with Crippen LogP contribution in [0, 0.1) is 28.6 Å². The number of carbonyl (C=O) groups excluding carboxylic acids is 1. The molecule has 0 aromatic rings. The number of hydrogen-bond donors (Lipinski definition) is 2. The second-order valence-electron chi connectivity index (χ2n) is 12.4. The fourth-order valence-electron chi connectivity index (χ4n) is 7.60. The fraction of sp³-hybridized carbons (Fsp3) is 0.719. The topological polar surface area (TPSA) is 57.5 Å². The van der Waals surface area contributed by atoms with Gasteiger partial charge in [0.05, 0.1) is 17.6 Å². The third kappa shape index (κ3) is 5.47. The minimum Gasteiger partial charge on any atom is -0.393 e. The first-order chi connectivity index (χ1) is 16.7. The standard InChI is InChI=1S/C32H48O3/c1-5-6-9-29(34)32(19-20-32)30(35)17-11-23(3)27-15-16-28-24(8-7-18-31(27,28)4)12-13-25-21-26(33)14-10-22(25)2/h11-13,17,23,26-28,30,33,35H,2,5-10,14-16,18-21H2,1,3-4H3/t23-,26+,27-,28+,30+,31-/m1/s1. The minimum absolute atomic E-state index is 0.225. The maximum Gasteiger partial charge on any atom is 0.141 e. The molecule has 0 unspecified atom stereocenters. The zero-order chi connectivity index (χ0) is 25.2. The van der Waals surface area contributed by atoms with Crippen LogP contribution in [-0.4, -0.2) is 28.2 Å². The number of ketones is 1. The molecule has 4 fully saturated rings. The molecule has 4 aliphatic carbocycles. The Hall–Kier alpha value is -1.45. The van der Waals surface area contributed by atoms with Crippen LogP contribution in [0.4, 0.5) is 0 Å². The van der Waals surface area contributed by atoms with E-state index in [9.17, 15) is 15.0 Å². The maximum atomic E-state index is 12.7. The highest BCUT2D eigenvalue weighted by Gasteiger charge is 2.54. The smallest absolute Gasteiger partial charge is 0.141 e. The summed E-state index contributed by atoms with van der Waals surface area (Å²) >= 11 is 0. The number of unbranched alkanes of at least 4 members (excludes halogenated alkanes) is 1. The number of Topliss-reactive ketones (excluding diaryl/α,β-unsaturated/α-hetero) is 1. The van der Waals surface area contributed by atoms with Gasteiger partial charge in [0, 0.05) is 6.42 Å². The molecule has 6 atom stereocenters. The number of allylic oxidation sites excluding steroid dienone is 5. The van der Waals surface area contributed by atoms with Crippen LogP contribution < -0.4 is 0 Å². The van der Waals surface area contributed by atoms with Gasteiger partial charge in [-0.05, 0) is 99.4 Å². The van der Waals surface area contributed by atoms with E-state index < -0.39 is 11.5 Å². The number of fused-ring (bicyclic) bond motifs is 1. The van der Waals surface area contributed by atoms with Crippen molar-refractivity contribution in [3.63, 3.8) is 0 Å². The van der Waals surface area contributed by atoms with Gasteiger partial charge in [0.2, 0.25) is 0 Å². The van der Waals surface area contributed by atoms with Crippen LogP contribution in [-0.2, 0) is 4.79 Å². The lowest BCUT2D eigenvalue weighted by molar-refractivity contribution is -0.127. The molecule has 2 N–H and O–H groups in total. The number of rotatable bonds is 9. The molecule has 194 valence electrons. The lowest BCUT2D eigenvalue weighted by atomic mass is 9.61. The van der Waals surface area contributed by atoms with Crippen LogP contribution in [0.15, 0.2) is 47.6 Å². The van der Waals surface area contributed by atoms with E-state index in [0.717, 1.165) is 44.9 Å². The van der Waals surface area contributed by atoms with Gasteiger partial charge in [-0.25, -0.2) is 0 Å². The monoisotopic (exact) mass is 480 g/mol. The van der Waals surface area contributed by atoms with E-state index >= 15 is 0 Å². The van der Waals surface area contributed by atoms with Crippen LogP contribution in [0.25, 0.3) is 0 Å². The molecule has 0 bridgehead atoms. The van der Waals surface area contributed by atoms with E-state index in [2.05, 4.69) is 45.6 Å². The average Bonchev–Trinajstić information content (AvgIpc) is 3.57. The van der Waals surface area contributed by atoms with Crippen molar-refractivity contribution in [1.82, 2.24) is 0 Å². The van der Waals surface area contributed by atoms with Gasteiger partial charge in [-0.1, -0.05) is 69.2 Å². The first kappa shape index (κ1) is 26.6. The molecule has 4 saturated carbocycles.